The van der Waals surface area contributed by atoms with Crippen LogP contribution in [0.2, 0.25) is 5.15 Å². The van der Waals surface area contributed by atoms with Crippen LogP contribution in [-0.2, 0) is 5.41 Å². The summed E-state index contributed by atoms with van der Waals surface area (Å²) in [7, 11) is 2.16. The monoisotopic (exact) mass is 419 g/mol. The van der Waals surface area contributed by atoms with Crippen LogP contribution in [0.5, 0.6) is 0 Å². The van der Waals surface area contributed by atoms with Crippen LogP contribution in [0.15, 0.2) is 54.6 Å². The van der Waals surface area contributed by atoms with Crippen molar-refractivity contribution in [2.75, 3.05) is 29.9 Å². The Morgan fingerprint density at radius 1 is 1.10 bits per heavy atom. The Balaban J connectivity index is 1.66. The smallest absolute Gasteiger partial charge is 0.136 e. The minimum absolute atomic E-state index is 0.0251. The van der Waals surface area contributed by atoms with E-state index < -0.39 is 0 Å². The zero-order valence-electron chi connectivity index (χ0n) is 18.5. The standard InChI is InChI=1S/C26H30ClN3/c1-6-30(7-2)20-14-12-18-16-19(25(27)28-22(18)17-20)13-15-24-26(3,4)21-10-8-9-11-23(21)29(24)5/h8-17,24H,6-7H2,1-5H3. The maximum Gasteiger partial charge on any atom is 0.136 e. The zero-order valence-corrected chi connectivity index (χ0v) is 19.2. The molecule has 0 N–H and O–H groups in total. The fourth-order valence-electron chi connectivity index (χ4n) is 4.73. The number of hydrogen-bond donors (Lipinski definition) is 0. The van der Waals surface area contributed by atoms with Crippen LogP contribution >= 0.6 is 11.6 Å². The van der Waals surface area contributed by atoms with Crippen molar-refractivity contribution in [1.82, 2.24) is 4.98 Å². The molecule has 4 rings (SSSR count). The van der Waals surface area contributed by atoms with E-state index in [1.54, 1.807) is 0 Å². The van der Waals surface area contributed by atoms with Gasteiger partial charge in [0, 0.05) is 47.9 Å². The summed E-state index contributed by atoms with van der Waals surface area (Å²) in [6, 6.07) is 17.5. The Labute approximate surface area is 185 Å². The molecule has 0 fully saturated rings. The first-order valence-corrected chi connectivity index (χ1v) is 11.1. The zero-order chi connectivity index (χ0) is 21.5. The minimum Gasteiger partial charge on any atom is -0.372 e. The van der Waals surface area contributed by atoms with E-state index in [1.807, 2.05) is 0 Å². The van der Waals surface area contributed by atoms with Crippen LogP contribution in [0, 0.1) is 0 Å². The highest BCUT2D eigenvalue weighted by atomic mass is 35.5. The van der Waals surface area contributed by atoms with Gasteiger partial charge in [-0.3, -0.25) is 0 Å². The number of fused-ring (bicyclic) bond motifs is 2. The molecule has 30 heavy (non-hydrogen) atoms. The van der Waals surface area contributed by atoms with Crippen molar-refractivity contribution < 1.29 is 0 Å². The molecule has 1 aromatic heterocycles. The van der Waals surface area contributed by atoms with Gasteiger partial charge < -0.3 is 9.80 Å². The molecule has 4 heteroatoms. The molecule has 156 valence electrons. The van der Waals surface area contributed by atoms with Gasteiger partial charge >= 0.3 is 0 Å². The van der Waals surface area contributed by atoms with Gasteiger partial charge in [0.1, 0.15) is 5.15 Å². The van der Waals surface area contributed by atoms with Gasteiger partial charge in [0.25, 0.3) is 0 Å². The summed E-state index contributed by atoms with van der Waals surface area (Å²) in [5.74, 6) is 0. The van der Waals surface area contributed by atoms with Gasteiger partial charge in [0.2, 0.25) is 0 Å². The first-order valence-electron chi connectivity index (χ1n) is 10.7. The maximum atomic E-state index is 6.60. The van der Waals surface area contributed by atoms with E-state index in [-0.39, 0.29) is 11.5 Å². The van der Waals surface area contributed by atoms with Gasteiger partial charge in [-0.05, 0) is 43.7 Å². The van der Waals surface area contributed by atoms with Crippen LogP contribution in [0.4, 0.5) is 11.4 Å². The third-order valence-electron chi connectivity index (χ3n) is 6.50. The maximum absolute atomic E-state index is 6.60. The Morgan fingerprint density at radius 3 is 2.53 bits per heavy atom. The topological polar surface area (TPSA) is 19.4 Å². The summed E-state index contributed by atoms with van der Waals surface area (Å²) in [5, 5.41) is 1.66. The van der Waals surface area contributed by atoms with Crippen molar-refractivity contribution in [3.63, 3.8) is 0 Å². The predicted molar refractivity (Wildman–Crippen MR) is 131 cm³/mol. The molecule has 1 atom stereocenters. The molecule has 0 saturated carbocycles. The van der Waals surface area contributed by atoms with Crippen molar-refractivity contribution in [1.29, 1.82) is 0 Å². The molecule has 0 radical (unpaired) electrons. The molecule has 3 aromatic rings. The van der Waals surface area contributed by atoms with E-state index >= 15 is 0 Å². The molecule has 0 amide bonds. The Kier molecular flexibility index (Phi) is 5.50. The van der Waals surface area contributed by atoms with Crippen LogP contribution in [-0.4, -0.2) is 31.2 Å². The van der Waals surface area contributed by atoms with Crippen molar-refractivity contribution in [2.45, 2.75) is 39.2 Å². The molecular weight excluding hydrogens is 390 g/mol. The Hall–Kier alpha value is -2.52. The third-order valence-corrected chi connectivity index (χ3v) is 6.81. The van der Waals surface area contributed by atoms with E-state index in [0.29, 0.717) is 5.15 Å². The number of hydrogen-bond acceptors (Lipinski definition) is 3. The van der Waals surface area contributed by atoms with E-state index in [0.717, 1.165) is 29.6 Å². The molecule has 1 unspecified atom stereocenters. The SMILES string of the molecule is CCN(CC)c1ccc2cc(C=CC3N(C)c4ccccc4C3(C)C)c(Cl)nc2c1. The number of benzene rings is 2. The lowest BCUT2D eigenvalue weighted by molar-refractivity contribution is 0.489. The molecule has 3 nitrogen and oxygen atoms in total. The fourth-order valence-corrected chi connectivity index (χ4v) is 4.94. The van der Waals surface area contributed by atoms with Crippen LogP contribution in [0.1, 0.15) is 38.8 Å². The predicted octanol–water partition coefficient (Wildman–Crippen LogP) is 6.54. The lowest BCUT2D eigenvalue weighted by atomic mass is 9.80. The molecule has 2 aromatic carbocycles. The molecule has 0 aliphatic carbocycles. The minimum atomic E-state index is 0.0251. The first kappa shape index (κ1) is 20.7. The number of para-hydroxylation sites is 1. The van der Waals surface area contributed by atoms with E-state index in [1.165, 1.54) is 16.9 Å². The quantitative estimate of drug-likeness (QED) is 0.437. The summed E-state index contributed by atoms with van der Waals surface area (Å²) >= 11 is 6.60. The van der Waals surface area contributed by atoms with Crippen molar-refractivity contribution >= 4 is 40.0 Å². The summed E-state index contributed by atoms with van der Waals surface area (Å²) in [6.45, 7) is 10.9. The molecule has 0 spiro atoms. The molecule has 1 aliphatic heterocycles. The second-order valence-corrected chi connectivity index (χ2v) is 8.93. The van der Waals surface area contributed by atoms with Gasteiger partial charge in [-0.2, -0.15) is 0 Å². The second kappa shape index (κ2) is 7.96. The number of pyridine rings is 1. The Bertz CT molecular complexity index is 1100. The van der Waals surface area contributed by atoms with Crippen molar-refractivity contribution in [3.05, 3.63) is 70.9 Å². The summed E-state index contributed by atoms with van der Waals surface area (Å²) < 4.78 is 0. The van der Waals surface area contributed by atoms with Gasteiger partial charge in [0.15, 0.2) is 0 Å². The lowest BCUT2D eigenvalue weighted by Crippen LogP contribution is -2.37. The highest BCUT2D eigenvalue weighted by Crippen LogP contribution is 2.44. The van der Waals surface area contributed by atoms with E-state index in [9.17, 15) is 0 Å². The lowest BCUT2D eigenvalue weighted by Gasteiger charge is -2.29. The number of likely N-dealkylation sites (N-methyl/N-ethyl adjacent to an activating group) is 1. The highest BCUT2D eigenvalue weighted by Gasteiger charge is 2.41. The largest absolute Gasteiger partial charge is 0.372 e. The molecule has 0 bridgehead atoms. The summed E-state index contributed by atoms with van der Waals surface area (Å²) in [5.41, 5.74) is 5.79. The van der Waals surface area contributed by atoms with Crippen LogP contribution in [0.3, 0.4) is 0 Å². The highest BCUT2D eigenvalue weighted by molar-refractivity contribution is 6.31. The van der Waals surface area contributed by atoms with Gasteiger partial charge in [-0.25, -0.2) is 4.98 Å². The normalized spacial score (nSPS) is 17.7. The fraction of sp³-hybridized carbons (Fsp3) is 0.346. The number of aromatic nitrogens is 1. The van der Waals surface area contributed by atoms with E-state index in [4.69, 9.17) is 16.6 Å². The Morgan fingerprint density at radius 2 is 1.83 bits per heavy atom. The van der Waals surface area contributed by atoms with Gasteiger partial charge in [0.05, 0.1) is 11.6 Å². The van der Waals surface area contributed by atoms with Crippen molar-refractivity contribution in [3.8, 4) is 0 Å². The third kappa shape index (κ3) is 3.45. The number of nitrogens with zero attached hydrogens (tertiary/aromatic N) is 3. The average Bonchev–Trinajstić information content (AvgIpc) is 2.93. The number of rotatable bonds is 5. The summed E-state index contributed by atoms with van der Waals surface area (Å²) in [6.07, 6.45) is 4.39. The molecule has 1 aliphatic rings. The van der Waals surface area contributed by atoms with Gasteiger partial charge in [-0.1, -0.05) is 61.9 Å². The second-order valence-electron chi connectivity index (χ2n) is 8.57. The van der Waals surface area contributed by atoms with Gasteiger partial charge in [-0.15, -0.1) is 0 Å². The van der Waals surface area contributed by atoms with Crippen LogP contribution in [0.25, 0.3) is 17.0 Å². The van der Waals surface area contributed by atoms with Crippen molar-refractivity contribution in [2.24, 2.45) is 0 Å². The molecule has 2 heterocycles. The first-order chi connectivity index (χ1) is 14.4. The average molecular weight is 420 g/mol. The number of halogens is 1. The summed E-state index contributed by atoms with van der Waals surface area (Å²) in [4.78, 5) is 9.37. The van der Waals surface area contributed by atoms with Crippen LogP contribution < -0.4 is 9.80 Å². The number of anilines is 2. The molecular formula is C26H30ClN3. The molecule has 0 saturated heterocycles. The van der Waals surface area contributed by atoms with E-state index in [2.05, 4.69) is 105 Å².